The molecule has 0 bridgehead atoms. The molecule has 5 heteroatoms. The van der Waals surface area contributed by atoms with Crippen molar-refractivity contribution in [1.29, 1.82) is 0 Å². The molecule has 0 unspecified atom stereocenters. The highest BCUT2D eigenvalue weighted by atomic mass is 19.1. The van der Waals surface area contributed by atoms with Crippen LogP contribution in [0, 0.1) is 11.6 Å². The van der Waals surface area contributed by atoms with Crippen molar-refractivity contribution in [3.8, 4) is 0 Å². The third kappa shape index (κ3) is 4.98. The van der Waals surface area contributed by atoms with E-state index in [1.165, 1.54) is 12.1 Å². The molecular formula is C13H19F2NO2. The molecule has 0 fully saturated rings. The van der Waals surface area contributed by atoms with Crippen molar-refractivity contribution in [2.75, 3.05) is 25.1 Å². The third-order valence-electron chi connectivity index (χ3n) is 2.33. The maximum absolute atomic E-state index is 13.3. The van der Waals surface area contributed by atoms with Crippen molar-refractivity contribution in [2.24, 2.45) is 0 Å². The van der Waals surface area contributed by atoms with Gasteiger partial charge < -0.3 is 14.8 Å². The van der Waals surface area contributed by atoms with Gasteiger partial charge in [-0.2, -0.15) is 0 Å². The lowest BCUT2D eigenvalue weighted by molar-refractivity contribution is -0.137. The van der Waals surface area contributed by atoms with Crippen molar-refractivity contribution in [1.82, 2.24) is 0 Å². The van der Waals surface area contributed by atoms with Crippen molar-refractivity contribution in [3.63, 3.8) is 0 Å². The Bertz CT molecular complexity index is 355. The van der Waals surface area contributed by atoms with Crippen molar-refractivity contribution in [3.05, 3.63) is 29.8 Å². The molecule has 0 aliphatic carbocycles. The highest BCUT2D eigenvalue weighted by Crippen LogP contribution is 2.15. The third-order valence-corrected chi connectivity index (χ3v) is 2.33. The van der Waals surface area contributed by atoms with E-state index in [0.717, 1.165) is 6.07 Å². The molecule has 1 rings (SSSR count). The van der Waals surface area contributed by atoms with Gasteiger partial charge in [-0.05, 0) is 26.0 Å². The fraction of sp³-hybridized carbons (Fsp3) is 0.538. The van der Waals surface area contributed by atoms with Crippen LogP contribution in [0.5, 0.6) is 0 Å². The molecular weight excluding hydrogens is 240 g/mol. The number of anilines is 1. The molecule has 0 radical (unpaired) electrons. The van der Waals surface area contributed by atoms with Crippen molar-refractivity contribution in [2.45, 2.75) is 26.6 Å². The van der Waals surface area contributed by atoms with Gasteiger partial charge in [0.2, 0.25) is 0 Å². The predicted molar refractivity (Wildman–Crippen MR) is 66.5 cm³/mol. The molecule has 0 saturated heterocycles. The standard InChI is InChI=1S/C13H19F2NO2/c1-3-17-13(18-4-2)7-8-16-12-6-5-10(14)9-11(12)15/h5-6,9,13,16H,3-4,7-8H2,1-2H3. The van der Waals surface area contributed by atoms with E-state index in [1.807, 2.05) is 13.8 Å². The Kier molecular flexibility index (Phi) is 6.60. The summed E-state index contributed by atoms with van der Waals surface area (Å²) >= 11 is 0. The van der Waals surface area contributed by atoms with Crippen LogP contribution in [0.25, 0.3) is 0 Å². The highest BCUT2D eigenvalue weighted by molar-refractivity contribution is 5.44. The molecule has 0 amide bonds. The molecule has 3 nitrogen and oxygen atoms in total. The summed E-state index contributed by atoms with van der Waals surface area (Å²) in [7, 11) is 0. The van der Waals surface area contributed by atoms with E-state index < -0.39 is 11.6 Å². The normalized spacial score (nSPS) is 10.9. The molecule has 0 saturated carbocycles. The van der Waals surface area contributed by atoms with Gasteiger partial charge >= 0.3 is 0 Å². The number of rotatable bonds is 8. The molecule has 0 heterocycles. The first-order valence-corrected chi connectivity index (χ1v) is 6.09. The summed E-state index contributed by atoms with van der Waals surface area (Å²) in [5.74, 6) is -1.18. The van der Waals surface area contributed by atoms with Gasteiger partial charge in [0, 0.05) is 32.2 Å². The summed E-state index contributed by atoms with van der Waals surface area (Å²) in [6, 6.07) is 3.44. The molecule has 0 aliphatic heterocycles. The molecule has 0 atom stereocenters. The topological polar surface area (TPSA) is 30.5 Å². The summed E-state index contributed by atoms with van der Waals surface area (Å²) in [5, 5.41) is 2.89. The van der Waals surface area contributed by atoms with Gasteiger partial charge in [0.25, 0.3) is 0 Å². The second-order valence-electron chi connectivity index (χ2n) is 3.68. The second-order valence-corrected chi connectivity index (χ2v) is 3.68. The van der Waals surface area contributed by atoms with E-state index in [9.17, 15) is 8.78 Å². The molecule has 1 aromatic carbocycles. The molecule has 0 aromatic heterocycles. The zero-order chi connectivity index (χ0) is 13.4. The quantitative estimate of drug-likeness (QED) is 0.727. The Hall–Kier alpha value is -1.20. The lowest BCUT2D eigenvalue weighted by atomic mass is 10.3. The average Bonchev–Trinajstić information content (AvgIpc) is 2.32. The maximum Gasteiger partial charge on any atom is 0.159 e. The van der Waals surface area contributed by atoms with E-state index in [0.29, 0.717) is 26.2 Å². The fourth-order valence-electron chi connectivity index (χ4n) is 1.54. The van der Waals surface area contributed by atoms with Crippen LogP contribution in [0.3, 0.4) is 0 Å². The van der Waals surface area contributed by atoms with Gasteiger partial charge in [-0.3, -0.25) is 0 Å². The minimum absolute atomic E-state index is 0.281. The largest absolute Gasteiger partial charge is 0.382 e. The number of benzene rings is 1. The SMILES string of the molecule is CCOC(CCNc1ccc(F)cc1F)OCC. The second kappa shape index (κ2) is 8.00. The minimum Gasteiger partial charge on any atom is -0.382 e. The maximum atomic E-state index is 13.3. The van der Waals surface area contributed by atoms with E-state index in [4.69, 9.17) is 9.47 Å². The molecule has 102 valence electrons. The molecule has 0 aliphatic rings. The predicted octanol–water partition coefficient (Wildman–Crippen LogP) is 3.17. The lowest BCUT2D eigenvalue weighted by Gasteiger charge is -2.17. The first-order chi connectivity index (χ1) is 8.67. The summed E-state index contributed by atoms with van der Waals surface area (Å²) < 4.78 is 36.7. The van der Waals surface area contributed by atoms with Crippen LogP contribution in [0.2, 0.25) is 0 Å². The van der Waals surface area contributed by atoms with Crippen molar-refractivity contribution < 1.29 is 18.3 Å². The Morgan fingerprint density at radius 1 is 1.17 bits per heavy atom. The Balaban J connectivity index is 2.39. The first kappa shape index (κ1) is 14.9. The van der Waals surface area contributed by atoms with E-state index >= 15 is 0 Å². The number of ether oxygens (including phenoxy) is 2. The Morgan fingerprint density at radius 3 is 2.39 bits per heavy atom. The van der Waals surface area contributed by atoms with Crippen LogP contribution in [0.4, 0.5) is 14.5 Å². The van der Waals surface area contributed by atoms with Crippen LogP contribution in [0.15, 0.2) is 18.2 Å². The number of hydrogen-bond donors (Lipinski definition) is 1. The molecule has 18 heavy (non-hydrogen) atoms. The average molecular weight is 259 g/mol. The number of hydrogen-bond acceptors (Lipinski definition) is 3. The van der Waals surface area contributed by atoms with E-state index in [1.54, 1.807) is 0 Å². The van der Waals surface area contributed by atoms with Crippen LogP contribution in [-0.4, -0.2) is 26.0 Å². The van der Waals surface area contributed by atoms with Gasteiger partial charge in [-0.25, -0.2) is 8.78 Å². The van der Waals surface area contributed by atoms with Gasteiger partial charge in [0.1, 0.15) is 11.6 Å². The first-order valence-electron chi connectivity index (χ1n) is 6.09. The summed E-state index contributed by atoms with van der Waals surface area (Å²) in [6.45, 7) is 5.40. The summed E-state index contributed by atoms with van der Waals surface area (Å²) in [4.78, 5) is 0. The van der Waals surface area contributed by atoms with Gasteiger partial charge in [0.15, 0.2) is 6.29 Å². The minimum atomic E-state index is -0.598. The summed E-state index contributed by atoms with van der Waals surface area (Å²) in [5.41, 5.74) is 0.281. The van der Waals surface area contributed by atoms with Crippen LogP contribution in [0.1, 0.15) is 20.3 Å². The lowest BCUT2D eigenvalue weighted by Crippen LogP contribution is -2.21. The Labute approximate surface area is 106 Å². The monoisotopic (exact) mass is 259 g/mol. The number of halogens is 2. The van der Waals surface area contributed by atoms with Crippen LogP contribution >= 0.6 is 0 Å². The summed E-state index contributed by atoms with van der Waals surface area (Å²) in [6.07, 6.45) is 0.300. The molecule has 1 N–H and O–H groups in total. The molecule has 1 aromatic rings. The van der Waals surface area contributed by atoms with Gasteiger partial charge in [-0.15, -0.1) is 0 Å². The van der Waals surface area contributed by atoms with Gasteiger partial charge in [-0.1, -0.05) is 0 Å². The fourth-order valence-corrected chi connectivity index (χ4v) is 1.54. The van der Waals surface area contributed by atoms with Crippen molar-refractivity contribution >= 4 is 5.69 Å². The van der Waals surface area contributed by atoms with Crippen LogP contribution < -0.4 is 5.32 Å². The highest BCUT2D eigenvalue weighted by Gasteiger charge is 2.08. The Morgan fingerprint density at radius 2 is 1.83 bits per heavy atom. The zero-order valence-electron chi connectivity index (χ0n) is 10.7. The smallest absolute Gasteiger partial charge is 0.159 e. The van der Waals surface area contributed by atoms with Gasteiger partial charge in [0.05, 0.1) is 5.69 Å². The van der Waals surface area contributed by atoms with E-state index in [2.05, 4.69) is 5.32 Å². The molecule has 0 spiro atoms. The number of nitrogens with one attached hydrogen (secondary N) is 1. The van der Waals surface area contributed by atoms with Crippen LogP contribution in [-0.2, 0) is 9.47 Å². The zero-order valence-corrected chi connectivity index (χ0v) is 10.7. The van der Waals surface area contributed by atoms with E-state index in [-0.39, 0.29) is 12.0 Å².